The van der Waals surface area contributed by atoms with E-state index < -0.39 is 11.6 Å². The van der Waals surface area contributed by atoms with Crippen LogP contribution >= 0.6 is 11.8 Å². The fraction of sp³-hybridized carbons (Fsp3) is 0.143. The molecule has 2 aromatic rings. The van der Waals surface area contributed by atoms with Crippen molar-refractivity contribution >= 4 is 17.4 Å². The van der Waals surface area contributed by atoms with Gasteiger partial charge in [0.05, 0.1) is 7.11 Å². The van der Waals surface area contributed by atoms with Gasteiger partial charge in [-0.2, -0.15) is 0 Å². The number of benzene rings is 2. The maximum atomic E-state index is 13.5. The van der Waals surface area contributed by atoms with E-state index in [1.807, 2.05) is 0 Å². The SMILES string of the molecule is COc1ccc(N)c(SCc2cccc(F)c2F)c1. The number of nitrogen functional groups attached to an aromatic ring is 1. The average molecular weight is 281 g/mol. The molecule has 2 nitrogen and oxygen atoms in total. The maximum absolute atomic E-state index is 13.5. The first kappa shape index (κ1) is 13.7. The van der Waals surface area contributed by atoms with Crippen LogP contribution in [0.5, 0.6) is 5.75 Å². The zero-order chi connectivity index (χ0) is 13.8. The van der Waals surface area contributed by atoms with Gasteiger partial charge in [-0.25, -0.2) is 8.78 Å². The number of thioether (sulfide) groups is 1. The van der Waals surface area contributed by atoms with E-state index in [-0.39, 0.29) is 0 Å². The zero-order valence-corrected chi connectivity index (χ0v) is 11.1. The zero-order valence-electron chi connectivity index (χ0n) is 10.3. The molecule has 19 heavy (non-hydrogen) atoms. The van der Waals surface area contributed by atoms with Gasteiger partial charge in [0.25, 0.3) is 0 Å². The van der Waals surface area contributed by atoms with E-state index in [1.165, 1.54) is 17.8 Å². The van der Waals surface area contributed by atoms with Gasteiger partial charge in [-0.05, 0) is 24.3 Å². The lowest BCUT2D eigenvalue weighted by molar-refractivity contribution is 0.414. The molecule has 5 heteroatoms. The average Bonchev–Trinajstić information content (AvgIpc) is 2.42. The van der Waals surface area contributed by atoms with Gasteiger partial charge < -0.3 is 10.5 Å². The van der Waals surface area contributed by atoms with Crippen molar-refractivity contribution in [3.05, 3.63) is 53.6 Å². The van der Waals surface area contributed by atoms with Crippen molar-refractivity contribution in [1.29, 1.82) is 0 Å². The number of hydrogen-bond donors (Lipinski definition) is 1. The summed E-state index contributed by atoms with van der Waals surface area (Å²) in [5, 5.41) is 0. The summed E-state index contributed by atoms with van der Waals surface area (Å²) >= 11 is 1.34. The first-order valence-corrected chi connectivity index (χ1v) is 6.59. The molecule has 0 aliphatic rings. The summed E-state index contributed by atoms with van der Waals surface area (Å²) in [6, 6.07) is 9.40. The van der Waals surface area contributed by atoms with Crippen LogP contribution in [0.15, 0.2) is 41.3 Å². The minimum atomic E-state index is -0.836. The van der Waals surface area contributed by atoms with E-state index in [1.54, 1.807) is 31.4 Å². The van der Waals surface area contributed by atoms with Crippen molar-refractivity contribution in [1.82, 2.24) is 0 Å². The van der Waals surface area contributed by atoms with Crippen molar-refractivity contribution in [3.63, 3.8) is 0 Å². The predicted octanol–water partition coefficient (Wildman–Crippen LogP) is 3.85. The molecule has 0 spiro atoms. The lowest BCUT2D eigenvalue weighted by Crippen LogP contribution is -1.94. The molecule has 0 aliphatic heterocycles. The molecule has 0 atom stereocenters. The summed E-state index contributed by atoms with van der Waals surface area (Å²) < 4.78 is 31.7. The van der Waals surface area contributed by atoms with E-state index in [9.17, 15) is 8.78 Å². The van der Waals surface area contributed by atoms with Crippen LogP contribution in [-0.2, 0) is 5.75 Å². The Labute approximate surface area is 114 Å². The number of rotatable bonds is 4. The van der Waals surface area contributed by atoms with Gasteiger partial charge in [0.15, 0.2) is 11.6 Å². The summed E-state index contributed by atoms with van der Waals surface area (Å²) in [5.41, 5.74) is 6.73. The molecular weight excluding hydrogens is 268 g/mol. The Balaban J connectivity index is 2.16. The first-order valence-electron chi connectivity index (χ1n) is 5.61. The molecule has 0 aromatic heterocycles. The molecule has 0 saturated heterocycles. The van der Waals surface area contributed by atoms with Crippen LogP contribution in [0.1, 0.15) is 5.56 Å². The predicted molar refractivity (Wildman–Crippen MR) is 73.3 cm³/mol. The molecule has 100 valence electrons. The number of methoxy groups -OCH3 is 1. The molecule has 0 amide bonds. The smallest absolute Gasteiger partial charge is 0.162 e. The van der Waals surface area contributed by atoms with Crippen LogP contribution in [0.3, 0.4) is 0 Å². The van der Waals surface area contributed by atoms with Gasteiger partial charge in [-0.3, -0.25) is 0 Å². The number of hydrogen-bond acceptors (Lipinski definition) is 3. The lowest BCUT2D eigenvalue weighted by atomic mass is 10.2. The van der Waals surface area contributed by atoms with Gasteiger partial charge in [0.1, 0.15) is 5.75 Å². The number of anilines is 1. The molecule has 2 N–H and O–H groups in total. The second-order valence-corrected chi connectivity index (χ2v) is 4.92. The highest BCUT2D eigenvalue weighted by Crippen LogP contribution is 2.32. The second kappa shape index (κ2) is 5.93. The Morgan fingerprint density at radius 3 is 2.74 bits per heavy atom. The monoisotopic (exact) mass is 281 g/mol. The normalized spacial score (nSPS) is 10.5. The van der Waals surface area contributed by atoms with Crippen molar-refractivity contribution in [2.75, 3.05) is 12.8 Å². The fourth-order valence-electron chi connectivity index (χ4n) is 1.58. The van der Waals surface area contributed by atoms with Gasteiger partial charge in [0.2, 0.25) is 0 Å². The molecule has 0 saturated carbocycles. The molecule has 2 aromatic carbocycles. The fourth-order valence-corrected chi connectivity index (χ4v) is 2.55. The lowest BCUT2D eigenvalue weighted by Gasteiger charge is -2.08. The summed E-state index contributed by atoms with van der Waals surface area (Å²) in [4.78, 5) is 0.781. The van der Waals surface area contributed by atoms with Crippen LogP contribution in [0, 0.1) is 11.6 Å². The largest absolute Gasteiger partial charge is 0.497 e. The summed E-state index contributed by atoms with van der Waals surface area (Å²) in [7, 11) is 1.56. The van der Waals surface area contributed by atoms with Crippen LogP contribution in [0.4, 0.5) is 14.5 Å². The highest BCUT2D eigenvalue weighted by molar-refractivity contribution is 7.98. The minimum absolute atomic E-state index is 0.307. The number of halogens is 2. The Hall–Kier alpha value is -1.75. The highest BCUT2D eigenvalue weighted by Gasteiger charge is 2.09. The summed E-state index contributed by atoms with van der Waals surface area (Å²) in [5.74, 6) is -0.661. The van der Waals surface area contributed by atoms with Crippen LogP contribution in [0.25, 0.3) is 0 Å². The standard InChI is InChI=1S/C14H13F2NOS/c1-18-10-5-6-12(17)13(7-10)19-8-9-3-2-4-11(15)14(9)16/h2-7H,8,17H2,1H3. The van der Waals surface area contributed by atoms with E-state index in [2.05, 4.69) is 0 Å². The maximum Gasteiger partial charge on any atom is 0.162 e. The summed E-state index contributed by atoms with van der Waals surface area (Å²) in [6.45, 7) is 0. The third-order valence-electron chi connectivity index (χ3n) is 2.64. The third kappa shape index (κ3) is 3.17. The number of nitrogens with two attached hydrogens (primary N) is 1. The van der Waals surface area contributed by atoms with E-state index in [4.69, 9.17) is 10.5 Å². The molecule has 0 bridgehead atoms. The Kier molecular flexibility index (Phi) is 4.27. The van der Waals surface area contributed by atoms with Gasteiger partial charge in [-0.1, -0.05) is 12.1 Å². The van der Waals surface area contributed by atoms with Crippen LogP contribution < -0.4 is 10.5 Å². The molecule has 0 radical (unpaired) electrons. The molecule has 0 aliphatic carbocycles. The molecule has 0 heterocycles. The Morgan fingerprint density at radius 2 is 2.00 bits per heavy atom. The topological polar surface area (TPSA) is 35.2 Å². The van der Waals surface area contributed by atoms with Crippen LogP contribution in [-0.4, -0.2) is 7.11 Å². The quantitative estimate of drug-likeness (QED) is 0.683. The highest BCUT2D eigenvalue weighted by atomic mass is 32.2. The second-order valence-electron chi connectivity index (χ2n) is 3.91. The van der Waals surface area contributed by atoms with Crippen molar-refractivity contribution in [3.8, 4) is 5.75 Å². The third-order valence-corrected chi connectivity index (χ3v) is 3.76. The molecule has 2 rings (SSSR count). The van der Waals surface area contributed by atoms with Gasteiger partial charge >= 0.3 is 0 Å². The van der Waals surface area contributed by atoms with Crippen molar-refractivity contribution < 1.29 is 13.5 Å². The molecular formula is C14H13F2NOS. The van der Waals surface area contributed by atoms with Crippen LogP contribution in [0.2, 0.25) is 0 Å². The van der Waals surface area contributed by atoms with E-state index in [0.29, 0.717) is 22.8 Å². The minimum Gasteiger partial charge on any atom is -0.497 e. The van der Waals surface area contributed by atoms with Gasteiger partial charge in [-0.15, -0.1) is 11.8 Å². The van der Waals surface area contributed by atoms with E-state index in [0.717, 1.165) is 11.0 Å². The van der Waals surface area contributed by atoms with E-state index >= 15 is 0 Å². The Bertz CT molecular complexity index is 590. The summed E-state index contributed by atoms with van der Waals surface area (Å²) in [6.07, 6.45) is 0. The Morgan fingerprint density at radius 1 is 1.21 bits per heavy atom. The molecule has 0 unspecified atom stereocenters. The number of ether oxygens (including phenoxy) is 1. The van der Waals surface area contributed by atoms with Crippen molar-refractivity contribution in [2.24, 2.45) is 0 Å². The van der Waals surface area contributed by atoms with Gasteiger partial charge in [0, 0.05) is 21.9 Å². The first-order chi connectivity index (χ1) is 9.11. The molecule has 0 fully saturated rings. The van der Waals surface area contributed by atoms with Crippen molar-refractivity contribution in [2.45, 2.75) is 10.6 Å².